The van der Waals surface area contributed by atoms with Crippen molar-refractivity contribution < 1.29 is 17.4 Å². The van der Waals surface area contributed by atoms with Crippen LogP contribution in [0.1, 0.15) is 44.3 Å². The number of benzene rings is 1. The highest BCUT2D eigenvalue weighted by molar-refractivity contribution is 7.98. The van der Waals surface area contributed by atoms with Crippen molar-refractivity contribution in [1.82, 2.24) is 19.7 Å². The molecule has 4 fully saturated rings. The van der Waals surface area contributed by atoms with E-state index in [0.717, 1.165) is 19.3 Å². The molecule has 0 aliphatic heterocycles. The Bertz CT molecular complexity index is 1210. The summed E-state index contributed by atoms with van der Waals surface area (Å²) in [5.41, 5.74) is -0.102. The molecule has 4 aliphatic rings. The second kappa shape index (κ2) is 9.00. The van der Waals surface area contributed by atoms with E-state index in [1.54, 1.807) is 4.72 Å². The summed E-state index contributed by atoms with van der Waals surface area (Å²) in [5, 5.41) is 3.19. The van der Waals surface area contributed by atoms with Crippen LogP contribution in [0.4, 0.5) is 10.7 Å². The van der Waals surface area contributed by atoms with Crippen LogP contribution in [0.2, 0.25) is 10.0 Å². The van der Waals surface area contributed by atoms with Gasteiger partial charge >= 0.3 is 16.3 Å². The van der Waals surface area contributed by atoms with Crippen LogP contribution in [0.15, 0.2) is 23.4 Å². The van der Waals surface area contributed by atoms with Gasteiger partial charge in [-0.1, -0.05) is 35.0 Å². The summed E-state index contributed by atoms with van der Waals surface area (Å²) in [6.45, 7) is 0. The highest BCUT2D eigenvalue weighted by Gasteiger charge is 2.53. The molecule has 1 aromatic heterocycles. The summed E-state index contributed by atoms with van der Waals surface area (Å²) >= 11 is 13.1. The molecule has 0 radical (unpaired) electrons. The fourth-order valence-electron chi connectivity index (χ4n) is 6.05. The molecule has 1 aromatic carbocycles. The molecule has 0 atom stereocenters. The van der Waals surface area contributed by atoms with Gasteiger partial charge in [0, 0.05) is 10.4 Å². The van der Waals surface area contributed by atoms with Gasteiger partial charge in [-0.2, -0.15) is 18.4 Å². The minimum absolute atomic E-state index is 0.00215. The van der Waals surface area contributed by atoms with Crippen molar-refractivity contribution in [1.29, 1.82) is 0 Å². The Kier molecular flexibility index (Phi) is 6.33. The van der Waals surface area contributed by atoms with Crippen molar-refractivity contribution >= 4 is 57.2 Å². The third kappa shape index (κ3) is 4.93. The van der Waals surface area contributed by atoms with Crippen molar-refractivity contribution in [3.8, 4) is 5.75 Å². The summed E-state index contributed by atoms with van der Waals surface area (Å²) in [6.07, 6.45) is 8.83. The lowest BCUT2D eigenvalue weighted by molar-refractivity contribution is -0.00975. The van der Waals surface area contributed by atoms with Gasteiger partial charge in [-0.05, 0) is 80.7 Å². The summed E-state index contributed by atoms with van der Waals surface area (Å²) in [7, 11) is -4.52. The van der Waals surface area contributed by atoms with Crippen LogP contribution in [0, 0.1) is 17.8 Å². The maximum Gasteiger partial charge on any atom is 0.411 e. The Labute approximate surface area is 212 Å². The number of nitrogens with zero attached hydrogens (tertiary/aromatic N) is 3. The molecule has 6 rings (SSSR count). The number of amides is 2. The van der Waals surface area contributed by atoms with Gasteiger partial charge in [0.25, 0.3) is 0 Å². The molecule has 0 saturated heterocycles. The van der Waals surface area contributed by atoms with Crippen LogP contribution >= 0.6 is 35.0 Å². The number of thioether (sulfide) groups is 1. The normalized spacial score (nSPS) is 27.4. The van der Waals surface area contributed by atoms with Gasteiger partial charge in [0.2, 0.25) is 5.95 Å². The minimum Gasteiger partial charge on any atom is -0.365 e. The van der Waals surface area contributed by atoms with Gasteiger partial charge in [-0.15, -0.1) is 0 Å². The lowest BCUT2D eigenvalue weighted by atomic mass is 9.49. The maximum atomic E-state index is 12.5. The molecular formula is C21H23Cl2N5O4S2. The first-order valence-corrected chi connectivity index (χ1v) is 14.3. The van der Waals surface area contributed by atoms with Crippen LogP contribution < -0.4 is 14.2 Å². The third-order valence-corrected chi connectivity index (χ3v) is 8.76. The number of carbonyl (C=O) groups excluding carboxylic acids is 1. The largest absolute Gasteiger partial charge is 0.411 e. The second-order valence-electron chi connectivity index (χ2n) is 9.34. The molecule has 1 heterocycles. The van der Waals surface area contributed by atoms with E-state index >= 15 is 0 Å². The smallest absolute Gasteiger partial charge is 0.365 e. The molecule has 2 N–H and O–H groups in total. The maximum absolute atomic E-state index is 12.5. The number of nitrogens with one attached hydrogen (secondary N) is 2. The Morgan fingerprint density at radius 2 is 1.74 bits per heavy atom. The van der Waals surface area contributed by atoms with E-state index in [0.29, 0.717) is 33.8 Å². The van der Waals surface area contributed by atoms with Crippen molar-refractivity contribution in [3.63, 3.8) is 0 Å². The van der Waals surface area contributed by atoms with Crippen LogP contribution in [0.25, 0.3) is 0 Å². The van der Waals surface area contributed by atoms with Crippen LogP contribution in [-0.2, 0) is 15.7 Å². The lowest BCUT2D eigenvalue weighted by Gasteiger charge is -2.55. The van der Waals surface area contributed by atoms with E-state index in [2.05, 4.69) is 15.3 Å². The predicted octanol–water partition coefficient (Wildman–Crippen LogP) is 4.81. The minimum atomic E-state index is -4.52. The van der Waals surface area contributed by atoms with Crippen molar-refractivity contribution in [2.75, 3.05) is 11.6 Å². The number of halogens is 2. The quantitative estimate of drug-likeness (QED) is 0.497. The first-order valence-electron chi connectivity index (χ1n) is 10.9. The fourth-order valence-corrected chi connectivity index (χ4v) is 7.60. The molecule has 34 heavy (non-hydrogen) atoms. The summed E-state index contributed by atoms with van der Waals surface area (Å²) in [4.78, 5) is 26.0. The van der Waals surface area contributed by atoms with E-state index in [1.165, 1.54) is 49.2 Å². The Hall–Kier alpha value is -1.82. The van der Waals surface area contributed by atoms with Gasteiger partial charge in [0.15, 0.2) is 10.9 Å². The summed E-state index contributed by atoms with van der Waals surface area (Å²) in [5.74, 6) is 2.61. The SMILES string of the molecule is CSc1nc(NC(=O)NS(=O)(=O)Oc2ccc(Cl)cc2Cl)nc(C23CC4CC(CC(C4)C2)C3)n1. The number of aromatic nitrogens is 3. The molecule has 2 amide bonds. The number of hydrogen-bond donors (Lipinski definition) is 2. The van der Waals surface area contributed by atoms with Gasteiger partial charge < -0.3 is 4.18 Å². The zero-order valence-corrected chi connectivity index (χ0v) is 21.4. The highest BCUT2D eigenvalue weighted by atomic mass is 35.5. The monoisotopic (exact) mass is 543 g/mol. The van der Waals surface area contributed by atoms with Crippen LogP contribution in [0.3, 0.4) is 0 Å². The Balaban J connectivity index is 1.33. The van der Waals surface area contributed by atoms with E-state index in [4.69, 9.17) is 32.4 Å². The average Bonchev–Trinajstić information content (AvgIpc) is 2.74. The highest BCUT2D eigenvalue weighted by Crippen LogP contribution is 2.60. The van der Waals surface area contributed by atoms with E-state index in [1.807, 2.05) is 6.26 Å². The Morgan fingerprint density at radius 3 is 2.32 bits per heavy atom. The molecule has 4 aliphatic carbocycles. The van der Waals surface area contributed by atoms with Gasteiger partial charge in [0.1, 0.15) is 5.82 Å². The van der Waals surface area contributed by atoms with E-state index in [9.17, 15) is 13.2 Å². The number of urea groups is 1. The number of carbonyl (C=O) groups is 1. The molecule has 0 unspecified atom stereocenters. The number of rotatable bonds is 6. The van der Waals surface area contributed by atoms with Crippen molar-refractivity contribution in [2.45, 2.75) is 49.1 Å². The molecule has 2 aromatic rings. The topological polar surface area (TPSA) is 123 Å². The number of hydrogen-bond acceptors (Lipinski definition) is 8. The van der Waals surface area contributed by atoms with E-state index in [-0.39, 0.29) is 22.1 Å². The number of anilines is 1. The lowest BCUT2D eigenvalue weighted by Crippen LogP contribution is -2.49. The third-order valence-electron chi connectivity index (χ3n) is 6.85. The van der Waals surface area contributed by atoms with Crippen molar-refractivity contribution in [3.05, 3.63) is 34.1 Å². The fraction of sp³-hybridized carbons (Fsp3) is 0.524. The van der Waals surface area contributed by atoms with E-state index < -0.39 is 16.3 Å². The second-order valence-corrected chi connectivity index (χ2v) is 12.2. The molecule has 0 spiro atoms. The molecule has 4 bridgehead atoms. The predicted molar refractivity (Wildman–Crippen MR) is 130 cm³/mol. The molecule has 182 valence electrons. The first kappa shape index (κ1) is 23.9. The standard InChI is InChI=1S/C21H23Cl2N5O4S2/c1-33-20-25-17(21-8-11-4-12(9-21)6-13(5-11)10-21)24-18(27-20)26-19(29)28-34(30,31)32-16-3-2-14(22)7-15(16)23/h2-3,7,11-13H,4-6,8-10H2,1H3,(H2,24,25,26,27,28,29). The molecular weight excluding hydrogens is 521 g/mol. The first-order chi connectivity index (χ1) is 16.1. The molecule has 9 nitrogen and oxygen atoms in total. The molecule has 4 saturated carbocycles. The summed E-state index contributed by atoms with van der Waals surface area (Å²) in [6, 6.07) is 2.98. The van der Waals surface area contributed by atoms with Gasteiger partial charge in [0.05, 0.1) is 5.02 Å². The zero-order valence-electron chi connectivity index (χ0n) is 18.3. The Morgan fingerprint density at radius 1 is 1.09 bits per heavy atom. The average molecular weight is 544 g/mol. The summed E-state index contributed by atoms with van der Waals surface area (Å²) < 4.78 is 31.3. The van der Waals surface area contributed by atoms with Crippen molar-refractivity contribution in [2.24, 2.45) is 17.8 Å². The molecule has 13 heteroatoms. The van der Waals surface area contributed by atoms with Crippen LogP contribution in [-0.4, -0.2) is 35.7 Å². The zero-order chi connectivity index (χ0) is 24.1. The van der Waals surface area contributed by atoms with Gasteiger partial charge in [-0.25, -0.2) is 14.5 Å². The van der Waals surface area contributed by atoms with Gasteiger partial charge in [-0.3, -0.25) is 5.32 Å². The van der Waals surface area contributed by atoms with Crippen LogP contribution in [0.5, 0.6) is 5.75 Å².